The van der Waals surface area contributed by atoms with E-state index in [1.54, 1.807) is 18.3 Å². The molecule has 2 N–H and O–H groups in total. The number of fused-ring (bicyclic) bond motifs is 1. The van der Waals surface area contributed by atoms with Gasteiger partial charge in [0.25, 0.3) is 5.91 Å². The molecule has 0 unspecified atom stereocenters. The molecule has 0 aliphatic carbocycles. The molecule has 134 valence electrons. The molecule has 3 rings (SSSR count). The quantitative estimate of drug-likeness (QED) is 0.834. The van der Waals surface area contributed by atoms with Gasteiger partial charge >= 0.3 is 0 Å². The van der Waals surface area contributed by atoms with Crippen LogP contribution in [0.1, 0.15) is 43.5 Å². The minimum absolute atomic E-state index is 0.0731. The first-order valence-electron chi connectivity index (χ1n) is 8.68. The first-order chi connectivity index (χ1) is 12.0. The lowest BCUT2D eigenvalue weighted by atomic mass is 10.1. The molecule has 0 bridgehead atoms. The highest BCUT2D eigenvalue weighted by molar-refractivity contribution is 6.01. The van der Waals surface area contributed by atoms with E-state index in [1.807, 2.05) is 19.9 Å². The summed E-state index contributed by atoms with van der Waals surface area (Å²) in [5, 5.41) is 1.64. The van der Waals surface area contributed by atoms with E-state index in [2.05, 4.69) is 4.98 Å². The standard InChI is InChI=1S/C19H24N2O4/c1-12(2)25-17-11-15-13(10-16(17)18(20)22)5-7-21-19(15)24-9-6-14-4-3-8-23-14/h5,7,10-12,14H,3-4,6,8-9H2,1-2H3,(H2,20,22)/t14-/m1/s1. The molecule has 1 aromatic heterocycles. The summed E-state index contributed by atoms with van der Waals surface area (Å²) >= 11 is 0. The first-order valence-corrected chi connectivity index (χ1v) is 8.68. The highest BCUT2D eigenvalue weighted by Gasteiger charge is 2.17. The molecule has 2 heterocycles. The number of carbonyl (C=O) groups excluding carboxylic acids is 1. The molecule has 1 aliphatic rings. The predicted molar refractivity (Wildman–Crippen MR) is 95.1 cm³/mol. The van der Waals surface area contributed by atoms with Crippen molar-refractivity contribution in [3.8, 4) is 11.6 Å². The Balaban J connectivity index is 1.86. The molecule has 0 saturated carbocycles. The van der Waals surface area contributed by atoms with Crippen molar-refractivity contribution < 1.29 is 19.0 Å². The van der Waals surface area contributed by atoms with Crippen LogP contribution in [0.5, 0.6) is 11.6 Å². The van der Waals surface area contributed by atoms with Crippen molar-refractivity contribution in [3.63, 3.8) is 0 Å². The third-order valence-corrected chi connectivity index (χ3v) is 4.16. The Bertz CT molecular complexity index is 754. The third kappa shape index (κ3) is 4.20. The van der Waals surface area contributed by atoms with Crippen LogP contribution in [0.4, 0.5) is 0 Å². The van der Waals surface area contributed by atoms with Gasteiger partial charge in [-0.3, -0.25) is 4.79 Å². The molecular weight excluding hydrogens is 320 g/mol. The van der Waals surface area contributed by atoms with E-state index in [-0.39, 0.29) is 12.2 Å². The van der Waals surface area contributed by atoms with E-state index < -0.39 is 5.91 Å². The van der Waals surface area contributed by atoms with Gasteiger partial charge in [-0.25, -0.2) is 4.98 Å². The fraction of sp³-hybridized carbons (Fsp3) is 0.474. The lowest BCUT2D eigenvalue weighted by molar-refractivity contribution is 0.0899. The average Bonchev–Trinajstić information content (AvgIpc) is 3.07. The molecule has 1 aromatic carbocycles. The number of hydrogen-bond acceptors (Lipinski definition) is 5. The van der Waals surface area contributed by atoms with Gasteiger partial charge < -0.3 is 19.9 Å². The number of nitrogens with zero attached hydrogens (tertiary/aromatic N) is 1. The van der Waals surface area contributed by atoms with Gasteiger partial charge in [-0.05, 0) is 50.3 Å². The van der Waals surface area contributed by atoms with Crippen LogP contribution >= 0.6 is 0 Å². The number of rotatable bonds is 7. The minimum atomic E-state index is -0.518. The van der Waals surface area contributed by atoms with E-state index in [9.17, 15) is 4.79 Å². The Hall–Kier alpha value is -2.34. The fourth-order valence-electron chi connectivity index (χ4n) is 2.99. The highest BCUT2D eigenvalue weighted by Crippen LogP contribution is 2.31. The smallest absolute Gasteiger partial charge is 0.252 e. The van der Waals surface area contributed by atoms with Gasteiger partial charge in [-0.2, -0.15) is 0 Å². The van der Waals surface area contributed by atoms with Crippen LogP contribution in [0.25, 0.3) is 10.8 Å². The summed E-state index contributed by atoms with van der Waals surface area (Å²) in [5.74, 6) is 0.460. The second kappa shape index (κ2) is 7.70. The number of nitrogens with two attached hydrogens (primary N) is 1. The molecule has 2 aromatic rings. The zero-order valence-electron chi connectivity index (χ0n) is 14.7. The third-order valence-electron chi connectivity index (χ3n) is 4.16. The number of benzene rings is 1. The minimum Gasteiger partial charge on any atom is -0.490 e. The molecule has 1 fully saturated rings. The molecule has 0 radical (unpaired) electrons. The number of aromatic nitrogens is 1. The summed E-state index contributed by atoms with van der Waals surface area (Å²) in [7, 11) is 0. The second-order valence-electron chi connectivity index (χ2n) is 6.49. The summed E-state index contributed by atoms with van der Waals surface area (Å²) in [6, 6.07) is 5.34. The summed E-state index contributed by atoms with van der Waals surface area (Å²) < 4.78 is 17.2. The SMILES string of the molecule is CC(C)Oc1cc2c(OCC[C@H]3CCCO3)nccc2cc1C(N)=O. The van der Waals surface area contributed by atoms with Gasteiger partial charge in [-0.15, -0.1) is 0 Å². The predicted octanol–water partition coefficient (Wildman–Crippen LogP) is 3.07. The largest absolute Gasteiger partial charge is 0.490 e. The first kappa shape index (κ1) is 17.5. The van der Waals surface area contributed by atoms with Crippen LogP contribution in [0.3, 0.4) is 0 Å². The number of amides is 1. The molecule has 1 aliphatic heterocycles. The van der Waals surface area contributed by atoms with Gasteiger partial charge in [0.1, 0.15) is 5.75 Å². The molecule has 0 spiro atoms. The van der Waals surface area contributed by atoms with Crippen molar-refractivity contribution in [2.75, 3.05) is 13.2 Å². The normalized spacial score (nSPS) is 17.2. The van der Waals surface area contributed by atoms with E-state index >= 15 is 0 Å². The Morgan fingerprint density at radius 2 is 2.28 bits per heavy atom. The number of primary amides is 1. The van der Waals surface area contributed by atoms with Crippen molar-refractivity contribution in [1.82, 2.24) is 4.98 Å². The van der Waals surface area contributed by atoms with Crippen LogP contribution in [-0.2, 0) is 4.74 Å². The molecule has 25 heavy (non-hydrogen) atoms. The molecule has 1 atom stereocenters. The van der Waals surface area contributed by atoms with E-state index in [0.717, 1.165) is 36.6 Å². The monoisotopic (exact) mass is 344 g/mol. The summed E-state index contributed by atoms with van der Waals surface area (Å²) in [4.78, 5) is 16.1. The van der Waals surface area contributed by atoms with Crippen molar-refractivity contribution in [3.05, 3.63) is 30.0 Å². The van der Waals surface area contributed by atoms with Crippen LogP contribution in [0.15, 0.2) is 24.4 Å². The van der Waals surface area contributed by atoms with Gasteiger partial charge in [0.2, 0.25) is 5.88 Å². The maximum absolute atomic E-state index is 11.7. The van der Waals surface area contributed by atoms with Gasteiger partial charge in [0.05, 0.1) is 24.4 Å². The number of carbonyl (C=O) groups is 1. The van der Waals surface area contributed by atoms with Crippen molar-refractivity contribution >= 4 is 16.7 Å². The number of pyridine rings is 1. The summed E-state index contributed by atoms with van der Waals surface area (Å²) in [6.07, 6.45) is 4.90. The Kier molecular flexibility index (Phi) is 5.38. The molecule has 1 amide bonds. The topological polar surface area (TPSA) is 83.7 Å². The Morgan fingerprint density at radius 1 is 1.44 bits per heavy atom. The lowest BCUT2D eigenvalue weighted by Crippen LogP contribution is -2.16. The molecule has 6 heteroatoms. The van der Waals surface area contributed by atoms with Gasteiger partial charge in [-0.1, -0.05) is 0 Å². The van der Waals surface area contributed by atoms with Crippen LogP contribution in [0, 0.1) is 0 Å². The molecule has 6 nitrogen and oxygen atoms in total. The fourth-order valence-corrected chi connectivity index (χ4v) is 2.99. The molecule has 1 saturated heterocycles. The lowest BCUT2D eigenvalue weighted by Gasteiger charge is -2.15. The van der Waals surface area contributed by atoms with Crippen molar-refractivity contribution in [2.24, 2.45) is 5.73 Å². The molecular formula is C19H24N2O4. The maximum atomic E-state index is 11.7. The van der Waals surface area contributed by atoms with Crippen LogP contribution in [-0.4, -0.2) is 36.3 Å². The van der Waals surface area contributed by atoms with Gasteiger partial charge in [0.15, 0.2) is 0 Å². The highest BCUT2D eigenvalue weighted by atomic mass is 16.5. The summed E-state index contributed by atoms with van der Waals surface area (Å²) in [5.41, 5.74) is 5.85. The zero-order chi connectivity index (χ0) is 17.8. The van der Waals surface area contributed by atoms with Crippen molar-refractivity contribution in [2.45, 2.75) is 45.3 Å². The maximum Gasteiger partial charge on any atom is 0.252 e. The second-order valence-corrected chi connectivity index (χ2v) is 6.49. The van der Waals surface area contributed by atoms with Crippen LogP contribution in [0.2, 0.25) is 0 Å². The van der Waals surface area contributed by atoms with E-state index in [1.165, 1.54) is 0 Å². The summed E-state index contributed by atoms with van der Waals surface area (Å²) in [6.45, 7) is 5.17. The van der Waals surface area contributed by atoms with Crippen molar-refractivity contribution in [1.29, 1.82) is 0 Å². The Morgan fingerprint density at radius 3 is 2.96 bits per heavy atom. The average molecular weight is 344 g/mol. The van der Waals surface area contributed by atoms with Crippen LogP contribution < -0.4 is 15.2 Å². The Labute approximate surface area is 147 Å². The van der Waals surface area contributed by atoms with E-state index in [0.29, 0.717) is 23.8 Å². The van der Waals surface area contributed by atoms with E-state index in [4.69, 9.17) is 19.9 Å². The number of ether oxygens (including phenoxy) is 3. The number of hydrogen-bond donors (Lipinski definition) is 1. The van der Waals surface area contributed by atoms with Gasteiger partial charge in [0, 0.05) is 24.6 Å². The zero-order valence-corrected chi connectivity index (χ0v) is 14.7.